The third-order valence-electron chi connectivity index (χ3n) is 4.78. The Morgan fingerprint density at radius 3 is 2.80 bits per heavy atom. The first-order chi connectivity index (χ1) is 9.54. The van der Waals surface area contributed by atoms with Gasteiger partial charge in [0.25, 0.3) is 0 Å². The van der Waals surface area contributed by atoms with Crippen LogP contribution in [-0.4, -0.2) is 60.0 Å². The van der Waals surface area contributed by atoms with Gasteiger partial charge in [-0.05, 0) is 26.2 Å². The van der Waals surface area contributed by atoms with Crippen molar-refractivity contribution in [2.24, 2.45) is 0 Å². The van der Waals surface area contributed by atoms with E-state index in [4.69, 9.17) is 4.74 Å². The van der Waals surface area contributed by atoms with E-state index in [9.17, 15) is 5.11 Å². The summed E-state index contributed by atoms with van der Waals surface area (Å²) < 4.78 is 5.93. The lowest BCUT2D eigenvalue weighted by Crippen LogP contribution is -2.56. The van der Waals surface area contributed by atoms with Gasteiger partial charge < -0.3 is 15.2 Å². The monoisotopic (exact) mass is 284 g/mol. The van der Waals surface area contributed by atoms with Crippen LogP contribution in [-0.2, 0) is 4.74 Å². The predicted octanol–water partition coefficient (Wildman–Crippen LogP) is 1.77. The number of aliphatic hydroxyl groups excluding tert-OH is 1. The van der Waals surface area contributed by atoms with Crippen LogP contribution in [0.25, 0.3) is 0 Å². The lowest BCUT2D eigenvalue weighted by atomic mass is 9.89. The highest BCUT2D eigenvalue weighted by molar-refractivity contribution is 4.90. The zero-order valence-corrected chi connectivity index (χ0v) is 13.4. The van der Waals surface area contributed by atoms with E-state index in [1.807, 2.05) is 0 Å². The maximum atomic E-state index is 9.69. The molecular formula is C16H32N2O2. The standard InChI is InChI=1S/C16H32N2O2/c1-13(2)17-16(3,12-19)8-9-18-10-11-20-15-7-5-4-6-14(15)18/h13-15,17,19H,4-12H2,1-3H3. The van der Waals surface area contributed by atoms with Crippen molar-refractivity contribution in [2.75, 3.05) is 26.3 Å². The second kappa shape index (κ2) is 7.21. The van der Waals surface area contributed by atoms with Crippen molar-refractivity contribution in [3.8, 4) is 0 Å². The van der Waals surface area contributed by atoms with Gasteiger partial charge in [0.15, 0.2) is 0 Å². The van der Waals surface area contributed by atoms with Crippen LogP contribution in [0.4, 0.5) is 0 Å². The third-order valence-corrected chi connectivity index (χ3v) is 4.78. The van der Waals surface area contributed by atoms with Gasteiger partial charge in [0, 0.05) is 30.7 Å². The van der Waals surface area contributed by atoms with Crippen LogP contribution >= 0.6 is 0 Å². The quantitative estimate of drug-likeness (QED) is 0.780. The highest BCUT2D eigenvalue weighted by atomic mass is 16.5. The van der Waals surface area contributed by atoms with E-state index in [1.165, 1.54) is 25.7 Å². The summed E-state index contributed by atoms with van der Waals surface area (Å²) in [6, 6.07) is 1.01. The molecule has 2 fully saturated rings. The van der Waals surface area contributed by atoms with Crippen LogP contribution in [0.3, 0.4) is 0 Å². The Labute approximate surface area is 123 Å². The van der Waals surface area contributed by atoms with Crippen molar-refractivity contribution in [3.63, 3.8) is 0 Å². The van der Waals surface area contributed by atoms with Crippen LogP contribution < -0.4 is 5.32 Å². The molecule has 0 spiro atoms. The summed E-state index contributed by atoms with van der Waals surface area (Å²) >= 11 is 0. The number of nitrogens with zero attached hydrogens (tertiary/aromatic N) is 1. The van der Waals surface area contributed by atoms with Crippen molar-refractivity contribution in [1.82, 2.24) is 10.2 Å². The lowest BCUT2D eigenvalue weighted by Gasteiger charge is -2.45. The minimum atomic E-state index is -0.170. The van der Waals surface area contributed by atoms with Gasteiger partial charge >= 0.3 is 0 Å². The highest BCUT2D eigenvalue weighted by Gasteiger charge is 2.35. The van der Waals surface area contributed by atoms with Gasteiger partial charge in [0.2, 0.25) is 0 Å². The molecule has 20 heavy (non-hydrogen) atoms. The van der Waals surface area contributed by atoms with Crippen LogP contribution in [0.5, 0.6) is 0 Å². The molecule has 0 amide bonds. The van der Waals surface area contributed by atoms with Gasteiger partial charge in [-0.25, -0.2) is 0 Å². The third kappa shape index (κ3) is 4.17. The molecule has 1 aliphatic heterocycles. The maximum absolute atomic E-state index is 9.69. The van der Waals surface area contributed by atoms with Crippen LogP contribution in [0.2, 0.25) is 0 Å². The van der Waals surface area contributed by atoms with E-state index in [0.717, 1.165) is 26.1 Å². The zero-order chi connectivity index (χ0) is 14.6. The van der Waals surface area contributed by atoms with E-state index >= 15 is 0 Å². The number of hydrogen-bond donors (Lipinski definition) is 2. The van der Waals surface area contributed by atoms with Gasteiger partial charge in [0.05, 0.1) is 19.3 Å². The molecule has 0 bridgehead atoms. The molecule has 0 aromatic carbocycles. The van der Waals surface area contributed by atoms with Crippen molar-refractivity contribution in [1.29, 1.82) is 0 Å². The minimum absolute atomic E-state index is 0.170. The van der Waals surface area contributed by atoms with Crippen LogP contribution in [0.15, 0.2) is 0 Å². The Hall–Kier alpha value is -0.160. The summed E-state index contributed by atoms with van der Waals surface area (Å²) in [5.41, 5.74) is -0.170. The Morgan fingerprint density at radius 1 is 1.35 bits per heavy atom. The number of nitrogens with one attached hydrogen (secondary N) is 1. The summed E-state index contributed by atoms with van der Waals surface area (Å²) in [5, 5.41) is 13.2. The summed E-state index contributed by atoms with van der Waals surface area (Å²) in [5.74, 6) is 0. The van der Waals surface area contributed by atoms with E-state index in [1.54, 1.807) is 0 Å². The number of rotatable bonds is 6. The molecule has 118 valence electrons. The van der Waals surface area contributed by atoms with Gasteiger partial charge in [-0.1, -0.05) is 26.7 Å². The van der Waals surface area contributed by atoms with Gasteiger partial charge in [-0.2, -0.15) is 0 Å². The molecule has 2 aliphatic rings. The summed E-state index contributed by atoms with van der Waals surface area (Å²) in [7, 11) is 0. The van der Waals surface area contributed by atoms with E-state index in [0.29, 0.717) is 18.2 Å². The number of aliphatic hydroxyl groups is 1. The summed E-state index contributed by atoms with van der Waals surface area (Å²) in [6.07, 6.45) is 6.60. The largest absolute Gasteiger partial charge is 0.394 e. The van der Waals surface area contributed by atoms with Gasteiger partial charge in [0.1, 0.15) is 0 Å². The number of morpholine rings is 1. The molecule has 1 saturated carbocycles. The molecule has 0 radical (unpaired) electrons. The molecule has 1 aliphatic carbocycles. The smallest absolute Gasteiger partial charge is 0.0730 e. The minimum Gasteiger partial charge on any atom is -0.394 e. The Balaban J connectivity index is 1.88. The first kappa shape index (κ1) is 16.2. The summed E-state index contributed by atoms with van der Waals surface area (Å²) in [4.78, 5) is 2.60. The van der Waals surface area contributed by atoms with Crippen molar-refractivity contribution < 1.29 is 9.84 Å². The Kier molecular flexibility index (Phi) is 5.84. The van der Waals surface area contributed by atoms with Crippen molar-refractivity contribution in [2.45, 2.75) is 76.6 Å². The fraction of sp³-hybridized carbons (Fsp3) is 1.00. The molecule has 1 heterocycles. The molecule has 2 N–H and O–H groups in total. The number of hydrogen-bond acceptors (Lipinski definition) is 4. The molecule has 1 saturated heterocycles. The summed E-state index contributed by atoms with van der Waals surface area (Å²) in [6.45, 7) is 9.58. The molecule has 4 nitrogen and oxygen atoms in total. The van der Waals surface area contributed by atoms with E-state index in [2.05, 4.69) is 31.0 Å². The Morgan fingerprint density at radius 2 is 2.10 bits per heavy atom. The fourth-order valence-electron chi connectivity index (χ4n) is 3.74. The lowest BCUT2D eigenvalue weighted by molar-refractivity contribution is -0.0902. The van der Waals surface area contributed by atoms with Crippen molar-refractivity contribution in [3.05, 3.63) is 0 Å². The van der Waals surface area contributed by atoms with Gasteiger partial charge in [-0.3, -0.25) is 4.90 Å². The van der Waals surface area contributed by atoms with E-state index < -0.39 is 0 Å². The normalized spacial score (nSPS) is 31.1. The zero-order valence-electron chi connectivity index (χ0n) is 13.4. The first-order valence-corrected chi connectivity index (χ1v) is 8.28. The fourth-order valence-corrected chi connectivity index (χ4v) is 3.74. The molecule has 3 atom stereocenters. The molecule has 3 unspecified atom stereocenters. The SMILES string of the molecule is CC(C)NC(C)(CO)CCN1CCOC2CCCCC21. The molecule has 2 rings (SSSR count). The molecule has 0 aromatic heterocycles. The maximum Gasteiger partial charge on any atom is 0.0730 e. The number of ether oxygens (including phenoxy) is 1. The highest BCUT2D eigenvalue weighted by Crippen LogP contribution is 2.29. The van der Waals surface area contributed by atoms with Crippen LogP contribution in [0, 0.1) is 0 Å². The Bertz CT molecular complexity index is 296. The molecule has 0 aromatic rings. The molecular weight excluding hydrogens is 252 g/mol. The predicted molar refractivity (Wildman–Crippen MR) is 81.9 cm³/mol. The second-order valence-electron chi connectivity index (χ2n) is 7.06. The number of fused-ring (bicyclic) bond motifs is 1. The average molecular weight is 284 g/mol. The second-order valence-corrected chi connectivity index (χ2v) is 7.06. The average Bonchev–Trinajstić information content (AvgIpc) is 2.44. The van der Waals surface area contributed by atoms with Gasteiger partial charge in [-0.15, -0.1) is 0 Å². The van der Waals surface area contributed by atoms with Crippen molar-refractivity contribution >= 4 is 0 Å². The molecule has 4 heteroatoms. The topological polar surface area (TPSA) is 44.7 Å². The van der Waals surface area contributed by atoms with Crippen LogP contribution in [0.1, 0.15) is 52.9 Å². The first-order valence-electron chi connectivity index (χ1n) is 8.28. The van der Waals surface area contributed by atoms with E-state index in [-0.39, 0.29) is 12.1 Å².